The summed E-state index contributed by atoms with van der Waals surface area (Å²) < 4.78 is 4.40. The lowest BCUT2D eigenvalue weighted by molar-refractivity contribution is -0.137. The molecule has 4 aromatic rings. The van der Waals surface area contributed by atoms with E-state index in [1.54, 1.807) is 11.9 Å². The fraction of sp³-hybridized carbons (Fsp3) is 0.387. The molecule has 202 valence electrons. The van der Waals surface area contributed by atoms with Crippen molar-refractivity contribution in [2.24, 2.45) is 0 Å². The number of carboxylic acids is 1. The first-order chi connectivity index (χ1) is 19.1. The first kappa shape index (κ1) is 26.0. The van der Waals surface area contributed by atoms with E-state index >= 15 is 0 Å². The second kappa shape index (κ2) is 11.9. The van der Waals surface area contributed by atoms with Gasteiger partial charge in [0.15, 0.2) is 0 Å². The first-order valence-electron chi connectivity index (χ1n) is 14.0. The Kier molecular flexibility index (Phi) is 7.95. The molecule has 0 spiro atoms. The number of aliphatic carboxylic acids is 1. The summed E-state index contributed by atoms with van der Waals surface area (Å²) in [5.41, 5.74) is 8.09. The average molecular weight is 542 g/mol. The number of aromatic nitrogens is 3. The number of carboxylic acid groups (broad SMARTS) is 1. The largest absolute Gasteiger partial charge is 0.481 e. The van der Waals surface area contributed by atoms with Crippen LogP contribution in [0.2, 0.25) is 0 Å². The number of hydrogen-bond acceptors (Lipinski definition) is 6. The maximum atomic E-state index is 11.9. The van der Waals surface area contributed by atoms with Crippen LogP contribution in [-0.4, -0.2) is 50.0 Å². The molecule has 3 aromatic carbocycles. The Labute approximate surface area is 233 Å². The van der Waals surface area contributed by atoms with Gasteiger partial charge >= 0.3 is 5.97 Å². The van der Waals surface area contributed by atoms with E-state index in [9.17, 15) is 9.90 Å². The first-order valence-corrected chi connectivity index (χ1v) is 14.8. The molecule has 4 heterocycles. The van der Waals surface area contributed by atoms with Crippen LogP contribution in [0.5, 0.6) is 0 Å². The predicted octanol–water partition coefficient (Wildman–Crippen LogP) is 5.42. The Bertz CT molecular complexity index is 1470. The highest BCUT2D eigenvalue weighted by molar-refractivity contribution is 7.97. The number of hydrogen-bond donors (Lipinski definition) is 2. The molecule has 2 N–H and O–H groups in total. The van der Waals surface area contributed by atoms with Gasteiger partial charge in [-0.3, -0.25) is 4.79 Å². The van der Waals surface area contributed by atoms with Crippen molar-refractivity contribution in [1.29, 1.82) is 0 Å². The molecule has 2 atom stereocenters. The number of aryl methyl sites for hydroxylation is 2. The average Bonchev–Trinajstić information content (AvgIpc) is 3.34. The molecule has 3 aliphatic rings. The van der Waals surface area contributed by atoms with Crippen LogP contribution in [0.3, 0.4) is 0 Å². The smallest absolute Gasteiger partial charge is 0.304 e. The summed E-state index contributed by atoms with van der Waals surface area (Å²) in [6.45, 7) is 4.77. The Hall–Kier alpha value is -3.20. The second-order valence-electron chi connectivity index (χ2n) is 10.7. The molecule has 0 saturated carbocycles. The van der Waals surface area contributed by atoms with E-state index in [1.807, 2.05) is 35.0 Å². The van der Waals surface area contributed by atoms with Crippen molar-refractivity contribution in [2.45, 2.75) is 62.4 Å². The summed E-state index contributed by atoms with van der Waals surface area (Å²) in [5.74, 6) is -1.06. The number of carbonyl (C=O) groups is 1. The number of nitrogens with one attached hydrogen (secondary N) is 1. The van der Waals surface area contributed by atoms with Gasteiger partial charge in [0.25, 0.3) is 0 Å². The number of fused-ring (bicyclic) bond motifs is 8. The van der Waals surface area contributed by atoms with Crippen LogP contribution >= 0.6 is 11.9 Å². The number of rotatable bonds is 2. The van der Waals surface area contributed by atoms with Gasteiger partial charge in [0.05, 0.1) is 11.9 Å². The van der Waals surface area contributed by atoms with Gasteiger partial charge in [0.2, 0.25) is 0 Å². The number of benzene rings is 3. The van der Waals surface area contributed by atoms with Crippen molar-refractivity contribution in [3.05, 3.63) is 88.5 Å². The van der Waals surface area contributed by atoms with Gasteiger partial charge in [-0.1, -0.05) is 41.6 Å². The van der Waals surface area contributed by atoms with Crippen LogP contribution in [-0.2, 0) is 30.7 Å². The molecule has 1 aromatic heterocycles. The zero-order valence-corrected chi connectivity index (χ0v) is 23.0. The number of nitrogens with zero attached hydrogens (tertiary/aromatic N) is 4. The zero-order valence-electron chi connectivity index (χ0n) is 22.2. The summed E-state index contributed by atoms with van der Waals surface area (Å²) >= 11 is 1.77. The molecule has 2 unspecified atom stereocenters. The Balaban J connectivity index is 1.32. The maximum Gasteiger partial charge on any atom is 0.304 e. The predicted molar refractivity (Wildman–Crippen MR) is 155 cm³/mol. The highest BCUT2D eigenvalue weighted by atomic mass is 32.2. The fourth-order valence-electron chi connectivity index (χ4n) is 5.78. The fourth-order valence-corrected chi connectivity index (χ4v) is 6.80. The minimum absolute atomic E-state index is 0.0284. The lowest BCUT2D eigenvalue weighted by Gasteiger charge is -2.28. The van der Waals surface area contributed by atoms with Crippen LogP contribution in [0.25, 0.3) is 11.0 Å². The Morgan fingerprint density at radius 3 is 2.77 bits per heavy atom. The third kappa shape index (κ3) is 6.19. The SMILES string of the molecule is O=C(O)CC1c2cccc(c2)SN2CCc3ccc(cc3C2)CCCNCCCCn2nnc3cc1ccc32. The minimum atomic E-state index is -0.809. The van der Waals surface area contributed by atoms with E-state index in [-0.39, 0.29) is 12.3 Å². The van der Waals surface area contributed by atoms with Gasteiger partial charge < -0.3 is 10.4 Å². The van der Waals surface area contributed by atoms with Crippen molar-refractivity contribution >= 4 is 29.0 Å². The summed E-state index contributed by atoms with van der Waals surface area (Å²) in [5, 5.41) is 22.2. The van der Waals surface area contributed by atoms with Gasteiger partial charge in [0, 0.05) is 30.4 Å². The molecule has 39 heavy (non-hydrogen) atoms. The van der Waals surface area contributed by atoms with Gasteiger partial charge in [-0.25, -0.2) is 8.99 Å². The van der Waals surface area contributed by atoms with Crippen molar-refractivity contribution in [3.8, 4) is 0 Å². The molecule has 0 radical (unpaired) electrons. The molecule has 0 amide bonds. The summed E-state index contributed by atoms with van der Waals surface area (Å²) in [4.78, 5) is 13.1. The van der Waals surface area contributed by atoms with Gasteiger partial charge in [-0.2, -0.15) is 0 Å². The van der Waals surface area contributed by atoms with E-state index in [2.05, 4.69) is 50.3 Å². The normalized spacial score (nSPS) is 20.4. The molecule has 0 saturated heterocycles. The van der Waals surface area contributed by atoms with Crippen LogP contribution in [0, 0.1) is 0 Å². The third-order valence-corrected chi connectivity index (χ3v) is 8.89. The molecular formula is C31H35N5O2S. The molecular weight excluding hydrogens is 506 g/mol. The second-order valence-corrected chi connectivity index (χ2v) is 11.8. The molecule has 0 fully saturated rings. The Morgan fingerprint density at radius 1 is 0.949 bits per heavy atom. The van der Waals surface area contributed by atoms with Gasteiger partial charge in [0.1, 0.15) is 5.52 Å². The van der Waals surface area contributed by atoms with Crippen LogP contribution in [0.4, 0.5) is 0 Å². The van der Waals surface area contributed by atoms with Crippen LogP contribution in [0.1, 0.15) is 59.4 Å². The van der Waals surface area contributed by atoms with E-state index in [4.69, 9.17) is 0 Å². The molecule has 8 heteroatoms. The highest BCUT2D eigenvalue weighted by Gasteiger charge is 2.22. The minimum Gasteiger partial charge on any atom is -0.481 e. The van der Waals surface area contributed by atoms with E-state index < -0.39 is 5.97 Å². The molecule has 0 aliphatic carbocycles. The molecule has 7 nitrogen and oxygen atoms in total. The van der Waals surface area contributed by atoms with Crippen LogP contribution in [0.15, 0.2) is 65.6 Å². The van der Waals surface area contributed by atoms with Crippen molar-refractivity contribution < 1.29 is 9.90 Å². The van der Waals surface area contributed by atoms with E-state index in [0.717, 1.165) is 91.9 Å². The zero-order chi connectivity index (χ0) is 26.6. The summed E-state index contributed by atoms with van der Waals surface area (Å²) in [6.07, 6.45) is 5.42. The standard InChI is InChI=1S/C31H35N5O2S/c37-31(38)20-28-24-6-3-7-27(18-24)39-35-16-12-23-9-8-22(17-26(23)21-35)5-4-14-32-13-1-2-15-36-30-11-10-25(28)19-29(30)33-34-36/h3,6-11,17-19,28,32H,1-2,4-5,12-16,20-21H2,(H,37,38). The third-order valence-electron chi connectivity index (χ3n) is 7.85. The highest BCUT2D eigenvalue weighted by Crippen LogP contribution is 2.35. The van der Waals surface area contributed by atoms with Crippen molar-refractivity contribution in [2.75, 3.05) is 19.6 Å². The monoisotopic (exact) mass is 541 g/mol. The molecule has 7 rings (SSSR count). The molecule has 3 aliphatic heterocycles. The topological polar surface area (TPSA) is 83.3 Å². The van der Waals surface area contributed by atoms with Gasteiger partial charge in [-0.05, 0) is 109 Å². The lowest BCUT2D eigenvalue weighted by Crippen LogP contribution is -2.24. The van der Waals surface area contributed by atoms with E-state index in [1.165, 1.54) is 16.7 Å². The molecule has 9 bridgehead atoms. The van der Waals surface area contributed by atoms with Gasteiger partial charge in [-0.15, -0.1) is 5.10 Å². The quantitative estimate of drug-likeness (QED) is 0.328. The van der Waals surface area contributed by atoms with E-state index in [0.29, 0.717) is 0 Å². The Morgan fingerprint density at radius 2 is 1.85 bits per heavy atom. The lowest BCUT2D eigenvalue weighted by atomic mass is 9.88. The van der Waals surface area contributed by atoms with Crippen LogP contribution < -0.4 is 5.32 Å². The van der Waals surface area contributed by atoms with Crippen molar-refractivity contribution in [3.63, 3.8) is 0 Å². The van der Waals surface area contributed by atoms with Crippen molar-refractivity contribution in [1.82, 2.24) is 24.6 Å². The summed E-state index contributed by atoms with van der Waals surface area (Å²) in [6, 6.07) is 21.5. The summed E-state index contributed by atoms with van der Waals surface area (Å²) in [7, 11) is 0. The maximum absolute atomic E-state index is 11.9.